The van der Waals surface area contributed by atoms with E-state index < -0.39 is 26.8 Å². The van der Waals surface area contributed by atoms with Crippen molar-refractivity contribution in [1.29, 1.82) is 0 Å². The minimum absolute atomic E-state index is 0.152. The van der Waals surface area contributed by atoms with Gasteiger partial charge in [0.15, 0.2) is 0 Å². The van der Waals surface area contributed by atoms with Crippen molar-refractivity contribution in [2.75, 3.05) is 6.61 Å². The van der Waals surface area contributed by atoms with Crippen LogP contribution in [0, 0.1) is 6.92 Å². The number of aliphatic hydroxyl groups is 2. The van der Waals surface area contributed by atoms with Gasteiger partial charge >= 0.3 is 0 Å². The average molecular weight is 549 g/mol. The number of hydrogen-bond donors (Lipinski definition) is 2. The van der Waals surface area contributed by atoms with E-state index >= 15 is 0 Å². The number of benzene rings is 2. The number of aromatic nitrogens is 2. The standard InChI is InChI=1S/C31H40N2O5Si/c1-6-13-23(35)18-28-32-30(36)22(2)20-33(28)29-19-26(27(21-34)37-29)38-39(31(3,4)5,24-14-9-7-10-15-24)25-16-11-8-12-17-25/h7-12,14-18,20,26-27,29,34-35H,6,13,19,21H2,1-5H3/b23-18+/t26-,27+,29+/m0/s1. The van der Waals surface area contributed by atoms with Crippen LogP contribution in [0.1, 0.15) is 64.6 Å². The molecule has 1 aliphatic heterocycles. The van der Waals surface area contributed by atoms with Crippen LogP contribution in [0.25, 0.3) is 6.08 Å². The van der Waals surface area contributed by atoms with E-state index in [1.165, 1.54) is 6.08 Å². The van der Waals surface area contributed by atoms with E-state index in [2.05, 4.69) is 50.0 Å². The van der Waals surface area contributed by atoms with Gasteiger partial charge in [-0.2, -0.15) is 4.98 Å². The lowest BCUT2D eigenvalue weighted by molar-refractivity contribution is -0.0425. The molecule has 1 aliphatic rings. The molecule has 0 saturated carbocycles. The number of aliphatic hydroxyl groups excluding tert-OH is 2. The van der Waals surface area contributed by atoms with E-state index in [4.69, 9.17) is 9.16 Å². The third-order valence-corrected chi connectivity index (χ3v) is 12.4. The molecular weight excluding hydrogens is 508 g/mol. The quantitative estimate of drug-likeness (QED) is 0.303. The monoisotopic (exact) mass is 548 g/mol. The van der Waals surface area contributed by atoms with Gasteiger partial charge in [-0.15, -0.1) is 0 Å². The van der Waals surface area contributed by atoms with Gasteiger partial charge in [-0.05, 0) is 28.8 Å². The van der Waals surface area contributed by atoms with Crippen LogP contribution in [0.2, 0.25) is 5.04 Å². The molecule has 0 aliphatic carbocycles. The summed E-state index contributed by atoms with van der Waals surface area (Å²) in [5.74, 6) is 0.475. The highest BCUT2D eigenvalue weighted by Crippen LogP contribution is 2.41. The van der Waals surface area contributed by atoms with Gasteiger partial charge in [-0.3, -0.25) is 4.79 Å². The molecule has 1 fully saturated rings. The Kier molecular flexibility index (Phi) is 8.91. The smallest absolute Gasteiger partial charge is 0.276 e. The van der Waals surface area contributed by atoms with Crippen LogP contribution in [0.5, 0.6) is 0 Å². The molecule has 2 aromatic carbocycles. The molecule has 3 atom stereocenters. The fourth-order valence-electron chi connectivity index (χ4n) is 5.47. The third-order valence-electron chi connectivity index (χ3n) is 7.37. The predicted molar refractivity (Wildman–Crippen MR) is 157 cm³/mol. The zero-order valence-electron chi connectivity index (χ0n) is 23.5. The highest BCUT2D eigenvalue weighted by atomic mass is 28.4. The maximum Gasteiger partial charge on any atom is 0.276 e. The molecular formula is C31H40N2O5Si. The molecule has 208 valence electrons. The molecule has 4 rings (SSSR count). The first-order valence-electron chi connectivity index (χ1n) is 13.6. The summed E-state index contributed by atoms with van der Waals surface area (Å²) >= 11 is 0. The van der Waals surface area contributed by atoms with Crippen molar-refractivity contribution in [2.24, 2.45) is 0 Å². The Balaban J connectivity index is 1.79. The first-order valence-corrected chi connectivity index (χ1v) is 15.6. The summed E-state index contributed by atoms with van der Waals surface area (Å²) in [6.07, 6.45) is 3.42. The van der Waals surface area contributed by atoms with E-state index in [1.54, 1.807) is 17.7 Å². The van der Waals surface area contributed by atoms with Crippen LogP contribution >= 0.6 is 0 Å². The van der Waals surface area contributed by atoms with Gasteiger partial charge in [-0.25, -0.2) is 0 Å². The maximum absolute atomic E-state index is 12.4. The molecule has 7 nitrogen and oxygen atoms in total. The van der Waals surface area contributed by atoms with E-state index in [0.29, 0.717) is 24.2 Å². The molecule has 8 heteroatoms. The van der Waals surface area contributed by atoms with Crippen LogP contribution in [0.4, 0.5) is 0 Å². The van der Waals surface area contributed by atoms with Gasteiger partial charge in [0.05, 0.1) is 18.5 Å². The lowest BCUT2D eigenvalue weighted by atomic mass is 10.2. The Labute approximate surface area is 231 Å². The number of hydrogen-bond acceptors (Lipinski definition) is 6. The molecule has 0 unspecified atom stereocenters. The largest absolute Gasteiger partial charge is 0.512 e. The van der Waals surface area contributed by atoms with Gasteiger partial charge in [0.1, 0.15) is 18.2 Å². The SMILES string of the molecule is CCC/C(O)=C\c1nc(=O)c(C)cn1[C@H]1C[C@H](O[Si](c2ccccc2)(c2ccccc2)C(C)(C)C)[C@@H](CO)O1. The molecule has 2 heterocycles. The Morgan fingerprint density at radius 1 is 1.13 bits per heavy atom. The Hall–Kier alpha value is -3.04. The van der Waals surface area contributed by atoms with Gasteiger partial charge in [0.2, 0.25) is 0 Å². The topological polar surface area (TPSA) is 93.8 Å². The summed E-state index contributed by atoms with van der Waals surface area (Å²) in [7, 11) is -2.89. The van der Waals surface area contributed by atoms with Gasteiger partial charge in [-0.1, -0.05) is 88.4 Å². The van der Waals surface area contributed by atoms with Crippen molar-refractivity contribution < 1.29 is 19.4 Å². The average Bonchev–Trinajstić information content (AvgIpc) is 3.32. The van der Waals surface area contributed by atoms with Crippen LogP contribution in [0.3, 0.4) is 0 Å². The molecule has 0 spiro atoms. The number of allylic oxidation sites excluding steroid dienone is 1. The van der Waals surface area contributed by atoms with Crippen molar-refractivity contribution in [2.45, 2.75) is 77.4 Å². The zero-order valence-corrected chi connectivity index (χ0v) is 24.5. The lowest BCUT2D eigenvalue weighted by Gasteiger charge is -2.45. The van der Waals surface area contributed by atoms with Gasteiger partial charge < -0.3 is 23.9 Å². The summed E-state index contributed by atoms with van der Waals surface area (Å²) in [5, 5.41) is 22.9. The molecule has 0 radical (unpaired) electrons. The van der Waals surface area contributed by atoms with E-state index in [1.807, 2.05) is 43.3 Å². The lowest BCUT2D eigenvalue weighted by Crippen LogP contribution is -2.68. The first-order chi connectivity index (χ1) is 18.6. The summed E-state index contributed by atoms with van der Waals surface area (Å²) in [6.45, 7) is 10.1. The van der Waals surface area contributed by atoms with E-state index in [9.17, 15) is 15.0 Å². The van der Waals surface area contributed by atoms with Crippen LogP contribution in [-0.4, -0.2) is 46.9 Å². The van der Waals surface area contributed by atoms with Crippen LogP contribution in [-0.2, 0) is 9.16 Å². The van der Waals surface area contributed by atoms with Crippen molar-refractivity contribution in [3.05, 3.63) is 94.4 Å². The van der Waals surface area contributed by atoms with Crippen molar-refractivity contribution in [1.82, 2.24) is 9.55 Å². The molecule has 1 saturated heterocycles. The second-order valence-corrected chi connectivity index (χ2v) is 15.5. The molecule has 2 N–H and O–H groups in total. The van der Waals surface area contributed by atoms with E-state index in [0.717, 1.165) is 16.8 Å². The fourth-order valence-corrected chi connectivity index (χ4v) is 10.2. The molecule has 3 aromatic rings. The van der Waals surface area contributed by atoms with Crippen molar-refractivity contribution in [3.63, 3.8) is 0 Å². The first kappa shape index (κ1) is 29.0. The Morgan fingerprint density at radius 3 is 2.23 bits per heavy atom. The Morgan fingerprint density at radius 2 is 1.72 bits per heavy atom. The summed E-state index contributed by atoms with van der Waals surface area (Å²) in [6, 6.07) is 20.8. The summed E-state index contributed by atoms with van der Waals surface area (Å²) in [4.78, 5) is 16.6. The predicted octanol–water partition coefficient (Wildman–Crippen LogP) is 4.48. The third kappa shape index (κ3) is 5.94. The van der Waals surface area contributed by atoms with Gasteiger partial charge in [0, 0.05) is 30.7 Å². The highest BCUT2D eigenvalue weighted by molar-refractivity contribution is 6.99. The molecule has 0 bridgehead atoms. The van der Waals surface area contributed by atoms with Crippen LogP contribution < -0.4 is 15.9 Å². The van der Waals surface area contributed by atoms with Crippen molar-refractivity contribution in [3.8, 4) is 0 Å². The molecule has 0 amide bonds. The Bertz CT molecular complexity index is 1300. The molecule has 1 aromatic heterocycles. The molecule has 39 heavy (non-hydrogen) atoms. The number of aryl methyl sites for hydroxylation is 1. The number of rotatable bonds is 9. The van der Waals surface area contributed by atoms with E-state index in [-0.39, 0.29) is 23.0 Å². The van der Waals surface area contributed by atoms with Gasteiger partial charge in [0.25, 0.3) is 13.9 Å². The fraction of sp³-hybridized carbons (Fsp3) is 0.419. The maximum atomic E-state index is 12.4. The second-order valence-electron chi connectivity index (χ2n) is 11.2. The number of ether oxygens (including phenoxy) is 1. The summed E-state index contributed by atoms with van der Waals surface area (Å²) in [5.41, 5.74) is 0.126. The number of nitrogens with zero attached hydrogens (tertiary/aromatic N) is 2. The second kappa shape index (κ2) is 12.0. The van der Waals surface area contributed by atoms with Crippen LogP contribution in [0.15, 0.2) is 77.4 Å². The van der Waals surface area contributed by atoms with Crippen molar-refractivity contribution >= 4 is 24.8 Å². The summed E-state index contributed by atoms with van der Waals surface area (Å²) < 4.78 is 15.4. The highest BCUT2D eigenvalue weighted by Gasteiger charge is 2.53. The minimum Gasteiger partial charge on any atom is -0.512 e. The zero-order chi connectivity index (χ0) is 28.2. The normalized spacial score (nSPS) is 20.4. The minimum atomic E-state index is -2.89.